The molecule has 1 aliphatic rings. The first kappa shape index (κ1) is 20.3. The molecule has 0 radical (unpaired) electrons. The third-order valence-corrected chi connectivity index (χ3v) is 5.07. The summed E-state index contributed by atoms with van der Waals surface area (Å²) in [6.45, 7) is 8.76. The van der Waals surface area contributed by atoms with Crippen molar-refractivity contribution in [2.24, 2.45) is 10.9 Å². The first-order valence-corrected chi connectivity index (χ1v) is 9.93. The van der Waals surface area contributed by atoms with Gasteiger partial charge in [0.15, 0.2) is 5.96 Å². The van der Waals surface area contributed by atoms with E-state index in [-0.39, 0.29) is 17.2 Å². The maximum atomic E-state index is 11.6. The van der Waals surface area contributed by atoms with E-state index in [9.17, 15) is 4.79 Å². The third kappa shape index (κ3) is 5.75. The maximum Gasteiger partial charge on any atom is 0.222 e. The molecule has 0 spiro atoms. The molecule has 0 heterocycles. The van der Waals surface area contributed by atoms with Crippen molar-refractivity contribution in [3.63, 3.8) is 0 Å². The van der Waals surface area contributed by atoms with Crippen LogP contribution in [0.4, 0.5) is 0 Å². The minimum absolute atomic E-state index is 0.0185. The largest absolute Gasteiger partial charge is 0.357 e. The second kappa shape index (κ2) is 10.2. The number of rotatable bonds is 8. The molecule has 0 atom stereocenters. The maximum absolute atomic E-state index is 11.6. The van der Waals surface area contributed by atoms with Crippen LogP contribution in [0.2, 0.25) is 0 Å². The summed E-state index contributed by atoms with van der Waals surface area (Å²) in [6, 6.07) is 10.8. The van der Waals surface area contributed by atoms with Crippen LogP contribution in [0.3, 0.4) is 0 Å². The van der Waals surface area contributed by atoms with Crippen LogP contribution in [-0.2, 0) is 10.2 Å². The molecule has 3 N–H and O–H groups in total. The van der Waals surface area contributed by atoms with Crippen molar-refractivity contribution >= 4 is 11.9 Å². The molecule has 1 fully saturated rings. The molecule has 1 amide bonds. The van der Waals surface area contributed by atoms with Crippen LogP contribution >= 0.6 is 0 Å². The number of carbonyl (C=O) groups excluding carboxylic acids is 1. The van der Waals surface area contributed by atoms with E-state index in [0.29, 0.717) is 13.1 Å². The average molecular weight is 359 g/mol. The molecule has 1 aliphatic carbocycles. The zero-order valence-electron chi connectivity index (χ0n) is 16.5. The molecule has 1 aromatic rings. The van der Waals surface area contributed by atoms with Gasteiger partial charge in [-0.05, 0) is 25.3 Å². The highest BCUT2D eigenvalue weighted by molar-refractivity contribution is 5.80. The number of carbonyl (C=O) groups is 1. The Morgan fingerprint density at radius 2 is 1.73 bits per heavy atom. The van der Waals surface area contributed by atoms with Crippen molar-refractivity contribution in [2.45, 2.75) is 51.9 Å². The lowest BCUT2D eigenvalue weighted by molar-refractivity contribution is -0.123. The lowest BCUT2D eigenvalue weighted by Crippen LogP contribution is -2.43. The van der Waals surface area contributed by atoms with Crippen molar-refractivity contribution in [2.75, 3.05) is 26.2 Å². The monoisotopic (exact) mass is 358 g/mol. The summed E-state index contributed by atoms with van der Waals surface area (Å²) in [5, 5.41) is 9.57. The highest BCUT2D eigenvalue weighted by atomic mass is 16.1. The molecule has 5 heteroatoms. The van der Waals surface area contributed by atoms with E-state index < -0.39 is 0 Å². The molecule has 0 saturated heterocycles. The normalized spacial score (nSPS) is 16.5. The van der Waals surface area contributed by atoms with Gasteiger partial charge in [0, 0.05) is 31.0 Å². The first-order valence-electron chi connectivity index (χ1n) is 9.93. The second-order valence-corrected chi connectivity index (χ2v) is 7.42. The molecule has 5 nitrogen and oxygen atoms in total. The molecule has 26 heavy (non-hydrogen) atoms. The molecule has 0 aromatic heterocycles. The van der Waals surface area contributed by atoms with Gasteiger partial charge in [-0.15, -0.1) is 0 Å². The van der Waals surface area contributed by atoms with E-state index in [4.69, 9.17) is 4.99 Å². The smallest absolute Gasteiger partial charge is 0.222 e. The van der Waals surface area contributed by atoms with Gasteiger partial charge in [0.05, 0.1) is 6.54 Å². The minimum Gasteiger partial charge on any atom is -0.357 e. The van der Waals surface area contributed by atoms with Gasteiger partial charge in [-0.3, -0.25) is 9.79 Å². The van der Waals surface area contributed by atoms with E-state index in [1.54, 1.807) is 0 Å². The van der Waals surface area contributed by atoms with Crippen LogP contribution in [0.1, 0.15) is 52.0 Å². The van der Waals surface area contributed by atoms with Crippen LogP contribution in [-0.4, -0.2) is 38.0 Å². The average Bonchev–Trinajstić information content (AvgIpc) is 3.13. The van der Waals surface area contributed by atoms with E-state index in [0.717, 1.165) is 19.0 Å². The van der Waals surface area contributed by atoms with E-state index in [1.165, 1.54) is 31.2 Å². The Morgan fingerprint density at radius 1 is 1.08 bits per heavy atom. The Labute approximate surface area is 158 Å². The Kier molecular flexibility index (Phi) is 7.95. The number of hydrogen-bond acceptors (Lipinski definition) is 2. The summed E-state index contributed by atoms with van der Waals surface area (Å²) in [7, 11) is 0. The Hall–Kier alpha value is -2.04. The molecular formula is C21H34N4O. The van der Waals surface area contributed by atoms with E-state index in [2.05, 4.69) is 53.2 Å². The lowest BCUT2D eigenvalue weighted by atomic mass is 9.79. The molecule has 144 valence electrons. The van der Waals surface area contributed by atoms with Gasteiger partial charge < -0.3 is 16.0 Å². The fourth-order valence-corrected chi connectivity index (χ4v) is 3.52. The summed E-state index contributed by atoms with van der Waals surface area (Å²) in [4.78, 5) is 16.5. The number of nitrogens with one attached hydrogen (secondary N) is 3. The molecule has 1 aromatic carbocycles. The topological polar surface area (TPSA) is 65.5 Å². The summed E-state index contributed by atoms with van der Waals surface area (Å²) >= 11 is 0. The van der Waals surface area contributed by atoms with Crippen LogP contribution in [0.15, 0.2) is 35.3 Å². The van der Waals surface area contributed by atoms with Gasteiger partial charge >= 0.3 is 0 Å². The SMILES string of the molecule is CCNC(=NCC1(c2ccccc2)CCCC1)NCCNC(=O)C(C)C. The van der Waals surface area contributed by atoms with Gasteiger partial charge in [-0.25, -0.2) is 0 Å². The molecule has 0 bridgehead atoms. The summed E-state index contributed by atoms with van der Waals surface area (Å²) in [6.07, 6.45) is 4.94. The van der Waals surface area contributed by atoms with Crippen molar-refractivity contribution in [1.82, 2.24) is 16.0 Å². The number of benzene rings is 1. The minimum atomic E-state index is 0.0185. The van der Waals surface area contributed by atoms with Crippen molar-refractivity contribution in [3.8, 4) is 0 Å². The zero-order valence-corrected chi connectivity index (χ0v) is 16.5. The summed E-state index contributed by atoms with van der Waals surface area (Å²) < 4.78 is 0. The van der Waals surface area contributed by atoms with Crippen LogP contribution in [0.5, 0.6) is 0 Å². The first-order chi connectivity index (χ1) is 12.6. The van der Waals surface area contributed by atoms with E-state index >= 15 is 0 Å². The van der Waals surface area contributed by atoms with Gasteiger partial charge in [-0.2, -0.15) is 0 Å². The van der Waals surface area contributed by atoms with Gasteiger partial charge in [0.1, 0.15) is 0 Å². The van der Waals surface area contributed by atoms with Crippen molar-refractivity contribution in [1.29, 1.82) is 0 Å². The Bertz CT molecular complexity index is 577. The van der Waals surface area contributed by atoms with Crippen LogP contribution < -0.4 is 16.0 Å². The van der Waals surface area contributed by atoms with Gasteiger partial charge in [-0.1, -0.05) is 57.0 Å². The third-order valence-electron chi connectivity index (χ3n) is 5.07. The van der Waals surface area contributed by atoms with Crippen LogP contribution in [0, 0.1) is 5.92 Å². The molecular weight excluding hydrogens is 324 g/mol. The molecule has 0 aliphatic heterocycles. The van der Waals surface area contributed by atoms with Crippen LogP contribution in [0.25, 0.3) is 0 Å². The lowest BCUT2D eigenvalue weighted by Gasteiger charge is -2.28. The summed E-state index contributed by atoms with van der Waals surface area (Å²) in [5.41, 5.74) is 1.57. The standard InChI is InChI=1S/C21H34N4O/c1-4-22-20(24-15-14-23-19(26)17(2)3)25-16-21(12-8-9-13-21)18-10-6-5-7-11-18/h5-7,10-11,17H,4,8-9,12-16H2,1-3H3,(H,23,26)(H2,22,24,25). The van der Waals surface area contributed by atoms with Crippen molar-refractivity contribution in [3.05, 3.63) is 35.9 Å². The Balaban J connectivity index is 1.95. The fourth-order valence-electron chi connectivity index (χ4n) is 3.52. The number of amides is 1. The molecule has 2 rings (SSSR count). The second-order valence-electron chi connectivity index (χ2n) is 7.42. The molecule has 0 unspecified atom stereocenters. The number of aliphatic imine (C=N–C) groups is 1. The Morgan fingerprint density at radius 3 is 2.35 bits per heavy atom. The molecule has 1 saturated carbocycles. The number of guanidine groups is 1. The fraction of sp³-hybridized carbons (Fsp3) is 0.619. The summed E-state index contributed by atoms with van der Waals surface area (Å²) in [5.74, 6) is 0.932. The highest BCUT2D eigenvalue weighted by Gasteiger charge is 2.35. The predicted molar refractivity (Wildman–Crippen MR) is 108 cm³/mol. The predicted octanol–water partition coefficient (Wildman–Crippen LogP) is 2.83. The van der Waals surface area contributed by atoms with E-state index in [1.807, 2.05) is 13.8 Å². The van der Waals surface area contributed by atoms with Gasteiger partial charge in [0.25, 0.3) is 0 Å². The number of nitrogens with zero attached hydrogens (tertiary/aromatic N) is 1. The van der Waals surface area contributed by atoms with Crippen molar-refractivity contribution < 1.29 is 4.79 Å². The highest BCUT2D eigenvalue weighted by Crippen LogP contribution is 2.41. The van der Waals surface area contributed by atoms with Gasteiger partial charge in [0.2, 0.25) is 5.91 Å². The number of hydrogen-bond donors (Lipinski definition) is 3. The zero-order chi connectivity index (χ0) is 18.8. The quantitative estimate of drug-likeness (QED) is 0.380.